The Hall–Kier alpha value is -2.15. The zero-order chi connectivity index (χ0) is 16.8. The summed E-state index contributed by atoms with van der Waals surface area (Å²) in [5.74, 6) is 1.46. The van der Waals surface area contributed by atoms with E-state index in [2.05, 4.69) is 33.8 Å². The fourth-order valence-corrected chi connectivity index (χ4v) is 4.33. The van der Waals surface area contributed by atoms with E-state index in [-0.39, 0.29) is 11.9 Å². The molecule has 0 saturated carbocycles. The molecule has 0 fully saturated rings. The zero-order valence-electron chi connectivity index (χ0n) is 14.1. The van der Waals surface area contributed by atoms with E-state index in [1.54, 1.807) is 0 Å². The van der Waals surface area contributed by atoms with Crippen LogP contribution in [0.15, 0.2) is 18.5 Å². The van der Waals surface area contributed by atoms with Crippen LogP contribution in [0, 0.1) is 0 Å². The highest BCUT2D eigenvalue weighted by molar-refractivity contribution is 7.20. The van der Waals surface area contributed by atoms with E-state index in [1.807, 2.05) is 30.2 Å². The first-order chi connectivity index (χ1) is 11.5. The van der Waals surface area contributed by atoms with E-state index in [4.69, 9.17) is 0 Å². The van der Waals surface area contributed by atoms with Crippen LogP contribution in [0.25, 0.3) is 10.2 Å². The number of aromatic nitrogens is 4. The smallest absolute Gasteiger partial charge is 0.261 e. The Bertz CT molecular complexity index is 904. The van der Waals surface area contributed by atoms with Crippen molar-refractivity contribution in [1.29, 1.82) is 0 Å². The minimum Gasteiger partial charge on any atom is -0.347 e. The van der Waals surface area contributed by atoms with Crippen molar-refractivity contribution in [1.82, 2.24) is 24.6 Å². The number of aryl methyl sites for hydroxylation is 2. The Kier molecular flexibility index (Phi) is 3.68. The molecule has 4 rings (SSSR count). The van der Waals surface area contributed by atoms with Gasteiger partial charge in [-0.3, -0.25) is 9.48 Å². The molecule has 1 aliphatic rings. The van der Waals surface area contributed by atoms with Gasteiger partial charge in [0.05, 0.1) is 10.6 Å². The Morgan fingerprint density at radius 1 is 1.46 bits per heavy atom. The van der Waals surface area contributed by atoms with E-state index in [9.17, 15) is 4.79 Å². The largest absolute Gasteiger partial charge is 0.347 e. The van der Waals surface area contributed by atoms with Crippen LogP contribution in [-0.2, 0) is 20.0 Å². The molecule has 3 aromatic heterocycles. The van der Waals surface area contributed by atoms with Crippen molar-refractivity contribution < 1.29 is 4.79 Å². The molecule has 126 valence electrons. The molecular formula is C17H21N5OS. The number of carbonyl (C=O) groups excluding carboxylic acids is 1. The molecule has 1 aliphatic heterocycles. The molecule has 0 bridgehead atoms. The van der Waals surface area contributed by atoms with Crippen LogP contribution in [0.4, 0.5) is 0 Å². The molecule has 3 aromatic rings. The molecule has 7 heteroatoms. The van der Waals surface area contributed by atoms with Gasteiger partial charge in [-0.2, -0.15) is 5.10 Å². The van der Waals surface area contributed by atoms with Gasteiger partial charge in [-0.1, -0.05) is 13.8 Å². The monoisotopic (exact) mass is 343 g/mol. The average molecular weight is 343 g/mol. The first-order valence-electron chi connectivity index (χ1n) is 8.30. The second-order valence-electron chi connectivity index (χ2n) is 6.70. The Labute approximate surface area is 144 Å². The first kappa shape index (κ1) is 15.4. The molecule has 4 heterocycles. The molecule has 6 nitrogen and oxygen atoms in total. The molecule has 0 saturated heterocycles. The number of hydrogen-bond donors (Lipinski definition) is 1. The van der Waals surface area contributed by atoms with Crippen LogP contribution in [0.2, 0.25) is 0 Å². The maximum absolute atomic E-state index is 12.7. The van der Waals surface area contributed by atoms with Crippen molar-refractivity contribution >= 4 is 27.5 Å². The van der Waals surface area contributed by atoms with Crippen molar-refractivity contribution in [2.24, 2.45) is 7.05 Å². The van der Waals surface area contributed by atoms with Gasteiger partial charge >= 0.3 is 0 Å². The number of amides is 1. The van der Waals surface area contributed by atoms with Gasteiger partial charge in [0, 0.05) is 43.8 Å². The van der Waals surface area contributed by atoms with Gasteiger partial charge in [0.15, 0.2) is 0 Å². The van der Waals surface area contributed by atoms with Crippen molar-refractivity contribution in [2.75, 3.05) is 0 Å². The standard InChI is InChI=1S/C17H21N5OS/c1-10(2)15-12-8-13(24-17(12)21(3)20-15)16(23)19-11-4-5-14-18-6-7-22(14)9-11/h6-8,10-11H,4-5,9H2,1-3H3,(H,19,23). The van der Waals surface area contributed by atoms with E-state index in [1.165, 1.54) is 11.3 Å². The Balaban J connectivity index is 1.55. The Morgan fingerprint density at radius 3 is 3.08 bits per heavy atom. The highest BCUT2D eigenvalue weighted by atomic mass is 32.1. The molecule has 0 aliphatic carbocycles. The van der Waals surface area contributed by atoms with Gasteiger partial charge < -0.3 is 9.88 Å². The maximum Gasteiger partial charge on any atom is 0.261 e. The van der Waals surface area contributed by atoms with Crippen molar-refractivity contribution in [2.45, 2.75) is 45.2 Å². The molecule has 0 aromatic carbocycles. The number of imidazole rings is 1. The van der Waals surface area contributed by atoms with Gasteiger partial charge in [0.1, 0.15) is 10.7 Å². The average Bonchev–Trinajstić information content (AvgIpc) is 3.23. The van der Waals surface area contributed by atoms with E-state index < -0.39 is 0 Å². The van der Waals surface area contributed by atoms with Crippen LogP contribution in [0.3, 0.4) is 0 Å². The van der Waals surface area contributed by atoms with Crippen molar-refractivity contribution in [3.63, 3.8) is 0 Å². The SMILES string of the molecule is CC(C)c1nn(C)c2sc(C(=O)NC3CCc4nccn4C3)cc12. The number of rotatable bonds is 3. The van der Waals surface area contributed by atoms with Gasteiger partial charge in [-0.25, -0.2) is 4.98 Å². The molecular weight excluding hydrogens is 322 g/mol. The van der Waals surface area contributed by atoms with Gasteiger partial charge in [-0.05, 0) is 18.4 Å². The Morgan fingerprint density at radius 2 is 2.29 bits per heavy atom. The fourth-order valence-electron chi connectivity index (χ4n) is 3.35. The lowest BCUT2D eigenvalue weighted by molar-refractivity contribution is 0.0932. The topological polar surface area (TPSA) is 64.7 Å². The van der Waals surface area contributed by atoms with Crippen LogP contribution in [0.1, 0.15) is 47.4 Å². The molecule has 24 heavy (non-hydrogen) atoms. The molecule has 0 radical (unpaired) electrons. The van der Waals surface area contributed by atoms with Gasteiger partial charge in [0.25, 0.3) is 5.91 Å². The first-order valence-corrected chi connectivity index (χ1v) is 9.12. The minimum absolute atomic E-state index is 0.0134. The van der Waals surface area contributed by atoms with Crippen LogP contribution in [-0.4, -0.2) is 31.3 Å². The van der Waals surface area contributed by atoms with E-state index in [0.717, 1.165) is 46.0 Å². The second-order valence-corrected chi connectivity index (χ2v) is 7.73. The highest BCUT2D eigenvalue weighted by Crippen LogP contribution is 2.31. The molecule has 0 spiro atoms. The summed E-state index contributed by atoms with van der Waals surface area (Å²) in [6.07, 6.45) is 5.65. The number of thiophene rings is 1. The van der Waals surface area contributed by atoms with E-state index >= 15 is 0 Å². The summed E-state index contributed by atoms with van der Waals surface area (Å²) in [4.78, 5) is 18.8. The normalized spacial score (nSPS) is 17.4. The lowest BCUT2D eigenvalue weighted by Gasteiger charge is -2.24. The number of nitrogens with one attached hydrogen (secondary N) is 1. The van der Waals surface area contributed by atoms with Crippen molar-refractivity contribution in [3.8, 4) is 0 Å². The number of nitrogens with zero attached hydrogens (tertiary/aromatic N) is 4. The summed E-state index contributed by atoms with van der Waals surface area (Å²) < 4.78 is 4.00. The third kappa shape index (κ3) is 2.53. The minimum atomic E-state index is 0.0134. The lowest BCUT2D eigenvalue weighted by atomic mass is 10.1. The fraction of sp³-hybridized carbons (Fsp3) is 0.471. The highest BCUT2D eigenvalue weighted by Gasteiger charge is 2.23. The number of hydrogen-bond acceptors (Lipinski definition) is 4. The quantitative estimate of drug-likeness (QED) is 0.795. The van der Waals surface area contributed by atoms with Gasteiger partial charge in [-0.15, -0.1) is 11.3 Å². The summed E-state index contributed by atoms with van der Waals surface area (Å²) in [5.41, 5.74) is 1.06. The van der Waals surface area contributed by atoms with Crippen LogP contribution in [0.5, 0.6) is 0 Å². The van der Waals surface area contributed by atoms with E-state index in [0.29, 0.717) is 5.92 Å². The second kappa shape index (κ2) is 5.73. The summed E-state index contributed by atoms with van der Waals surface area (Å²) in [6, 6.07) is 2.15. The van der Waals surface area contributed by atoms with Gasteiger partial charge in [0.2, 0.25) is 0 Å². The number of fused-ring (bicyclic) bond motifs is 2. The predicted octanol–water partition coefficient (Wildman–Crippen LogP) is 2.70. The summed E-state index contributed by atoms with van der Waals surface area (Å²) in [6.45, 7) is 5.05. The molecule has 1 atom stereocenters. The lowest BCUT2D eigenvalue weighted by Crippen LogP contribution is -2.40. The maximum atomic E-state index is 12.7. The van der Waals surface area contributed by atoms with Crippen LogP contribution < -0.4 is 5.32 Å². The predicted molar refractivity (Wildman–Crippen MR) is 94.5 cm³/mol. The third-order valence-corrected chi connectivity index (χ3v) is 5.78. The summed E-state index contributed by atoms with van der Waals surface area (Å²) in [7, 11) is 1.94. The molecule has 1 amide bonds. The molecule has 1 N–H and O–H groups in total. The van der Waals surface area contributed by atoms with Crippen LogP contribution >= 0.6 is 11.3 Å². The third-order valence-electron chi connectivity index (χ3n) is 4.58. The number of carbonyl (C=O) groups is 1. The molecule has 1 unspecified atom stereocenters. The van der Waals surface area contributed by atoms with Crippen molar-refractivity contribution in [3.05, 3.63) is 34.9 Å². The zero-order valence-corrected chi connectivity index (χ0v) is 14.9. The summed E-state index contributed by atoms with van der Waals surface area (Å²) in [5, 5.41) is 8.85. The summed E-state index contributed by atoms with van der Waals surface area (Å²) >= 11 is 1.52.